The van der Waals surface area contributed by atoms with Gasteiger partial charge in [0.2, 0.25) is 5.82 Å². The van der Waals surface area contributed by atoms with Gasteiger partial charge in [-0.1, -0.05) is 30.3 Å². The quantitative estimate of drug-likeness (QED) is 0.367. The summed E-state index contributed by atoms with van der Waals surface area (Å²) in [6.45, 7) is 3.12. The molecule has 0 unspecified atom stereocenters. The third-order valence-corrected chi connectivity index (χ3v) is 5.65. The van der Waals surface area contributed by atoms with Crippen molar-refractivity contribution in [3.63, 3.8) is 0 Å². The molecule has 2 nitrogen and oxygen atoms in total. The maximum atomic E-state index is 13.6. The molecule has 2 aromatic rings. The molecule has 0 aliphatic rings. The predicted molar refractivity (Wildman–Crippen MR) is 75.2 cm³/mol. The van der Waals surface area contributed by atoms with Gasteiger partial charge in [0, 0.05) is 0 Å². The van der Waals surface area contributed by atoms with Crippen LogP contribution in [-0.4, -0.2) is 14.3 Å². The molecule has 0 amide bonds. The molecule has 0 bridgehead atoms. The standard InChI is InChI=1S/C15H11F5O2Si/c1-23(2,8-6-4-3-5-7-8)22-15(21)9-10(16)12(18)14(20)13(19)11(9)17/h3-7H,1-2H3. The van der Waals surface area contributed by atoms with Crippen molar-refractivity contribution in [3.8, 4) is 0 Å². The first-order valence-corrected chi connectivity index (χ1v) is 9.38. The van der Waals surface area contributed by atoms with Crippen LogP contribution in [0.1, 0.15) is 10.4 Å². The van der Waals surface area contributed by atoms with Crippen LogP contribution in [0.15, 0.2) is 30.3 Å². The Kier molecular flexibility index (Phi) is 4.55. The van der Waals surface area contributed by atoms with Crippen molar-refractivity contribution in [3.05, 3.63) is 65.0 Å². The third-order valence-electron chi connectivity index (χ3n) is 3.23. The Morgan fingerprint density at radius 1 is 0.826 bits per heavy atom. The minimum absolute atomic E-state index is 0.622. The monoisotopic (exact) mass is 346 g/mol. The van der Waals surface area contributed by atoms with Gasteiger partial charge in [0.05, 0.1) is 0 Å². The van der Waals surface area contributed by atoms with Gasteiger partial charge in [-0.3, -0.25) is 0 Å². The van der Waals surface area contributed by atoms with E-state index in [0.717, 1.165) is 0 Å². The molecule has 0 saturated heterocycles. The fourth-order valence-corrected chi connectivity index (χ4v) is 3.64. The van der Waals surface area contributed by atoms with Crippen LogP contribution in [0.25, 0.3) is 0 Å². The highest BCUT2D eigenvalue weighted by atomic mass is 28.4. The van der Waals surface area contributed by atoms with Gasteiger partial charge < -0.3 is 4.43 Å². The Morgan fingerprint density at radius 3 is 1.74 bits per heavy atom. The van der Waals surface area contributed by atoms with Crippen LogP contribution in [-0.2, 0) is 4.43 Å². The van der Waals surface area contributed by atoms with Gasteiger partial charge in [-0.15, -0.1) is 0 Å². The van der Waals surface area contributed by atoms with Crippen LogP contribution in [0.4, 0.5) is 22.0 Å². The smallest absolute Gasteiger partial charge is 0.331 e. The summed E-state index contributed by atoms with van der Waals surface area (Å²) in [7, 11) is -2.94. The molecule has 23 heavy (non-hydrogen) atoms. The molecule has 0 heterocycles. The Hall–Kier alpha value is -2.22. The van der Waals surface area contributed by atoms with E-state index in [9.17, 15) is 26.7 Å². The van der Waals surface area contributed by atoms with Crippen LogP contribution in [0.5, 0.6) is 0 Å². The van der Waals surface area contributed by atoms with Gasteiger partial charge in [0.25, 0.3) is 8.32 Å². The zero-order valence-corrected chi connectivity index (χ0v) is 13.1. The zero-order chi connectivity index (χ0) is 17.4. The molecule has 122 valence electrons. The summed E-state index contributed by atoms with van der Waals surface area (Å²) in [5.41, 5.74) is -1.59. The van der Waals surface area contributed by atoms with Gasteiger partial charge in [-0.25, -0.2) is 26.7 Å². The van der Waals surface area contributed by atoms with Crippen LogP contribution < -0.4 is 5.19 Å². The van der Waals surface area contributed by atoms with Crippen molar-refractivity contribution in [2.45, 2.75) is 13.1 Å². The number of hydrogen-bond acceptors (Lipinski definition) is 2. The molecule has 0 fully saturated rings. The lowest BCUT2D eigenvalue weighted by Crippen LogP contribution is -2.46. The van der Waals surface area contributed by atoms with E-state index in [4.69, 9.17) is 4.43 Å². The summed E-state index contributed by atoms with van der Waals surface area (Å²) in [5, 5.41) is 0.622. The Balaban J connectivity index is 2.43. The highest BCUT2D eigenvalue weighted by Crippen LogP contribution is 2.24. The fraction of sp³-hybridized carbons (Fsp3) is 0.133. The largest absolute Gasteiger partial charge is 0.512 e. The molecule has 0 atom stereocenters. The van der Waals surface area contributed by atoms with Gasteiger partial charge in [0.1, 0.15) is 5.56 Å². The molecular weight excluding hydrogens is 335 g/mol. The summed E-state index contributed by atoms with van der Waals surface area (Å²) < 4.78 is 71.6. The molecule has 0 aliphatic carbocycles. The van der Waals surface area contributed by atoms with Crippen LogP contribution >= 0.6 is 0 Å². The second-order valence-corrected chi connectivity index (χ2v) is 9.01. The van der Waals surface area contributed by atoms with Crippen molar-refractivity contribution in [2.24, 2.45) is 0 Å². The van der Waals surface area contributed by atoms with E-state index in [1.807, 2.05) is 0 Å². The molecular formula is C15H11F5O2Si. The zero-order valence-electron chi connectivity index (χ0n) is 12.1. The van der Waals surface area contributed by atoms with Gasteiger partial charge >= 0.3 is 5.97 Å². The second kappa shape index (κ2) is 6.11. The summed E-state index contributed by atoms with van der Waals surface area (Å²) in [4.78, 5) is 12.0. The Bertz CT molecular complexity index is 733. The average molecular weight is 346 g/mol. The maximum Gasteiger partial charge on any atom is 0.331 e. The Morgan fingerprint density at radius 2 is 1.26 bits per heavy atom. The van der Waals surface area contributed by atoms with E-state index in [1.165, 1.54) is 0 Å². The number of halogens is 5. The van der Waals surface area contributed by atoms with Gasteiger partial charge in [0.15, 0.2) is 23.3 Å². The summed E-state index contributed by atoms with van der Waals surface area (Å²) in [6, 6.07) is 8.38. The van der Waals surface area contributed by atoms with Crippen LogP contribution in [0, 0.1) is 29.1 Å². The van der Waals surface area contributed by atoms with Crippen LogP contribution in [0.3, 0.4) is 0 Å². The molecule has 2 aromatic carbocycles. The highest BCUT2D eigenvalue weighted by Gasteiger charge is 2.35. The number of benzene rings is 2. The van der Waals surface area contributed by atoms with Crippen molar-refractivity contribution >= 4 is 19.5 Å². The topological polar surface area (TPSA) is 26.3 Å². The van der Waals surface area contributed by atoms with Crippen molar-refractivity contribution in [2.75, 3.05) is 0 Å². The highest BCUT2D eigenvalue weighted by molar-refractivity contribution is 6.85. The predicted octanol–water partition coefficient (Wildman–Crippen LogP) is 3.65. The minimum Gasteiger partial charge on any atom is -0.512 e. The first-order chi connectivity index (χ1) is 10.7. The molecule has 0 saturated carbocycles. The van der Waals surface area contributed by atoms with Crippen LogP contribution in [0.2, 0.25) is 13.1 Å². The number of hydrogen-bond donors (Lipinski definition) is 0. The molecule has 0 spiro atoms. The average Bonchev–Trinajstić information content (AvgIpc) is 2.51. The first kappa shape index (κ1) is 17.1. The lowest BCUT2D eigenvalue weighted by molar-refractivity contribution is 0.0713. The Labute approximate surface area is 129 Å². The fourth-order valence-electron chi connectivity index (χ4n) is 1.97. The third kappa shape index (κ3) is 3.12. The summed E-state index contributed by atoms with van der Waals surface area (Å²) in [6.07, 6.45) is 0. The molecule has 0 aromatic heterocycles. The molecule has 8 heteroatoms. The first-order valence-electron chi connectivity index (χ1n) is 6.47. The molecule has 0 aliphatic heterocycles. The molecule has 0 radical (unpaired) electrons. The van der Waals surface area contributed by atoms with Crippen molar-refractivity contribution in [1.29, 1.82) is 0 Å². The van der Waals surface area contributed by atoms with E-state index < -0.39 is 48.9 Å². The SMILES string of the molecule is C[Si](C)(OC(=O)c1c(F)c(F)c(F)c(F)c1F)c1ccccc1. The summed E-state index contributed by atoms with van der Waals surface area (Å²) in [5.74, 6) is -12.7. The van der Waals surface area contributed by atoms with E-state index in [0.29, 0.717) is 5.19 Å². The second-order valence-electron chi connectivity index (χ2n) is 5.21. The van der Waals surface area contributed by atoms with E-state index >= 15 is 0 Å². The van der Waals surface area contributed by atoms with E-state index in [2.05, 4.69) is 0 Å². The van der Waals surface area contributed by atoms with Crippen molar-refractivity contribution < 1.29 is 31.2 Å². The molecule has 0 N–H and O–H groups in total. The van der Waals surface area contributed by atoms with E-state index in [1.54, 1.807) is 43.4 Å². The molecule has 2 rings (SSSR count). The van der Waals surface area contributed by atoms with E-state index in [-0.39, 0.29) is 0 Å². The maximum absolute atomic E-state index is 13.6. The van der Waals surface area contributed by atoms with Gasteiger partial charge in [-0.2, -0.15) is 0 Å². The number of carbonyl (C=O) groups is 1. The van der Waals surface area contributed by atoms with Gasteiger partial charge in [-0.05, 0) is 18.3 Å². The van der Waals surface area contributed by atoms with Crippen molar-refractivity contribution in [1.82, 2.24) is 0 Å². The number of rotatable bonds is 3. The summed E-state index contributed by atoms with van der Waals surface area (Å²) >= 11 is 0. The number of carbonyl (C=O) groups excluding carboxylic acids is 1. The lowest BCUT2D eigenvalue weighted by Gasteiger charge is -2.23. The minimum atomic E-state index is -2.94. The lowest BCUT2D eigenvalue weighted by atomic mass is 10.1. The normalized spacial score (nSPS) is 11.4.